The van der Waals surface area contributed by atoms with E-state index in [1.807, 2.05) is 18.5 Å². The van der Waals surface area contributed by atoms with Crippen LogP contribution in [-0.2, 0) is 17.7 Å². The number of ether oxygens (including phenoxy) is 1. The Balaban J connectivity index is 3.04. The lowest BCUT2D eigenvalue weighted by atomic mass is 9.90. The lowest BCUT2D eigenvalue weighted by molar-refractivity contribution is -0.0554. The maximum Gasteiger partial charge on any atom is 0.0847 e. The number of hydrazine groups is 1. The number of nitrogens with zero attached hydrogens (tertiary/aromatic N) is 2. The molecule has 1 aromatic heterocycles. The number of aromatic nitrogens is 2. The lowest BCUT2D eigenvalue weighted by Gasteiger charge is -2.36. The molecule has 0 fully saturated rings. The molecule has 0 amide bonds. The van der Waals surface area contributed by atoms with Gasteiger partial charge < -0.3 is 4.74 Å². The third-order valence-corrected chi connectivity index (χ3v) is 4.46. The summed E-state index contributed by atoms with van der Waals surface area (Å²) in [6.45, 7) is 11.6. The second kappa shape index (κ2) is 7.41. The number of hydrogen-bond donors (Lipinski definition) is 2. The van der Waals surface area contributed by atoms with Gasteiger partial charge in [-0.25, -0.2) is 0 Å². The number of halogens is 1. The van der Waals surface area contributed by atoms with Crippen LogP contribution in [0.25, 0.3) is 0 Å². The van der Waals surface area contributed by atoms with Crippen molar-refractivity contribution in [3.05, 3.63) is 16.4 Å². The highest BCUT2D eigenvalue weighted by Crippen LogP contribution is 2.27. The van der Waals surface area contributed by atoms with E-state index in [1.165, 1.54) is 0 Å². The van der Waals surface area contributed by atoms with Crippen molar-refractivity contribution in [2.24, 2.45) is 5.84 Å². The van der Waals surface area contributed by atoms with Crippen molar-refractivity contribution in [3.63, 3.8) is 0 Å². The highest BCUT2D eigenvalue weighted by Gasteiger charge is 2.34. The molecule has 1 rings (SSSR count). The topological polar surface area (TPSA) is 65.1 Å². The Morgan fingerprint density at radius 1 is 1.45 bits per heavy atom. The van der Waals surface area contributed by atoms with E-state index in [0.29, 0.717) is 13.0 Å². The zero-order chi connectivity index (χ0) is 15.3. The van der Waals surface area contributed by atoms with E-state index in [4.69, 9.17) is 22.2 Å². The molecule has 5 nitrogen and oxygen atoms in total. The average Bonchev–Trinajstić information content (AvgIpc) is 2.71. The van der Waals surface area contributed by atoms with Crippen LogP contribution in [-0.4, -0.2) is 28.0 Å². The summed E-state index contributed by atoms with van der Waals surface area (Å²) in [5.41, 5.74) is 4.42. The van der Waals surface area contributed by atoms with E-state index in [0.717, 1.165) is 29.4 Å². The van der Waals surface area contributed by atoms with E-state index in [2.05, 4.69) is 31.3 Å². The molecule has 2 atom stereocenters. The van der Waals surface area contributed by atoms with Crippen LogP contribution in [0.4, 0.5) is 0 Å². The maximum absolute atomic E-state index is 6.37. The van der Waals surface area contributed by atoms with Gasteiger partial charge in [0.15, 0.2) is 0 Å². The molecule has 6 heteroatoms. The van der Waals surface area contributed by atoms with Gasteiger partial charge in [-0.1, -0.05) is 18.5 Å². The highest BCUT2D eigenvalue weighted by atomic mass is 35.5. The monoisotopic (exact) mass is 302 g/mol. The van der Waals surface area contributed by atoms with Gasteiger partial charge in [0.25, 0.3) is 0 Å². The Hall–Kier alpha value is -0.620. The van der Waals surface area contributed by atoms with Gasteiger partial charge in [-0.3, -0.25) is 16.0 Å². The van der Waals surface area contributed by atoms with Crippen LogP contribution >= 0.6 is 11.6 Å². The van der Waals surface area contributed by atoms with Crippen LogP contribution < -0.4 is 11.3 Å². The zero-order valence-electron chi connectivity index (χ0n) is 13.2. The molecule has 0 saturated heterocycles. The van der Waals surface area contributed by atoms with E-state index in [1.54, 1.807) is 0 Å². The summed E-state index contributed by atoms with van der Waals surface area (Å²) in [6, 6.07) is -0.0219. The van der Waals surface area contributed by atoms with Gasteiger partial charge in [0, 0.05) is 19.6 Å². The van der Waals surface area contributed by atoms with Crippen molar-refractivity contribution in [1.29, 1.82) is 0 Å². The van der Waals surface area contributed by atoms with Gasteiger partial charge in [-0.15, -0.1) is 0 Å². The molecule has 1 heterocycles. The molecule has 0 bridgehead atoms. The minimum absolute atomic E-state index is 0.0219. The molecule has 0 aliphatic rings. The summed E-state index contributed by atoms with van der Waals surface area (Å²) in [4.78, 5) is 0. The van der Waals surface area contributed by atoms with Crippen LogP contribution in [0.15, 0.2) is 0 Å². The molecule has 0 spiro atoms. The first-order valence-corrected chi connectivity index (χ1v) is 7.63. The second-order valence-corrected chi connectivity index (χ2v) is 5.56. The van der Waals surface area contributed by atoms with Crippen LogP contribution in [0.2, 0.25) is 5.02 Å². The van der Waals surface area contributed by atoms with E-state index in [9.17, 15) is 0 Å². The Bertz CT molecular complexity index is 435. The Kier molecular flexibility index (Phi) is 6.45. The van der Waals surface area contributed by atoms with E-state index in [-0.39, 0.29) is 11.6 Å². The minimum Gasteiger partial charge on any atom is -0.374 e. The number of rotatable bonds is 8. The van der Waals surface area contributed by atoms with Crippen molar-refractivity contribution >= 4 is 11.6 Å². The van der Waals surface area contributed by atoms with Crippen molar-refractivity contribution in [2.75, 3.05) is 6.61 Å². The van der Waals surface area contributed by atoms with Crippen molar-refractivity contribution in [1.82, 2.24) is 15.2 Å². The molecule has 0 saturated carbocycles. The van der Waals surface area contributed by atoms with E-state index >= 15 is 0 Å². The third-order valence-electron chi connectivity index (χ3n) is 3.96. The maximum atomic E-state index is 6.37. The number of nitrogens with one attached hydrogen (secondary N) is 1. The molecule has 0 aliphatic heterocycles. The largest absolute Gasteiger partial charge is 0.374 e. The summed E-state index contributed by atoms with van der Waals surface area (Å²) >= 11 is 6.37. The number of aryl methyl sites for hydroxylation is 2. The molecule has 1 aromatic rings. The number of nitrogens with two attached hydrogens (primary N) is 1. The fourth-order valence-electron chi connectivity index (χ4n) is 2.49. The smallest absolute Gasteiger partial charge is 0.0847 e. The first-order valence-electron chi connectivity index (χ1n) is 7.25. The fraction of sp³-hybridized carbons (Fsp3) is 0.786. The van der Waals surface area contributed by atoms with Gasteiger partial charge >= 0.3 is 0 Å². The Morgan fingerprint density at radius 2 is 2.10 bits per heavy atom. The molecule has 0 aliphatic carbocycles. The average molecular weight is 303 g/mol. The van der Waals surface area contributed by atoms with Crippen LogP contribution in [0, 0.1) is 6.92 Å². The van der Waals surface area contributed by atoms with Gasteiger partial charge in [-0.2, -0.15) is 5.10 Å². The first kappa shape index (κ1) is 17.4. The molecule has 0 radical (unpaired) electrons. The molecule has 116 valence electrons. The molecule has 0 aromatic carbocycles. The lowest BCUT2D eigenvalue weighted by Crippen LogP contribution is -2.54. The van der Waals surface area contributed by atoms with E-state index < -0.39 is 0 Å². The van der Waals surface area contributed by atoms with Gasteiger partial charge in [-0.05, 0) is 34.1 Å². The van der Waals surface area contributed by atoms with Gasteiger partial charge in [0.2, 0.25) is 0 Å². The Labute approximate surface area is 126 Å². The summed E-state index contributed by atoms with van der Waals surface area (Å²) in [5, 5.41) is 5.17. The highest BCUT2D eigenvalue weighted by molar-refractivity contribution is 6.31. The molecular weight excluding hydrogens is 276 g/mol. The molecule has 20 heavy (non-hydrogen) atoms. The summed E-state index contributed by atoms with van der Waals surface area (Å²) in [7, 11) is 0. The Morgan fingerprint density at radius 3 is 2.55 bits per heavy atom. The zero-order valence-corrected chi connectivity index (χ0v) is 13.9. The fourth-order valence-corrected chi connectivity index (χ4v) is 2.70. The minimum atomic E-state index is -0.330. The van der Waals surface area contributed by atoms with Crippen LogP contribution in [0.5, 0.6) is 0 Å². The normalized spacial score (nSPS) is 16.1. The summed E-state index contributed by atoms with van der Waals surface area (Å²) in [5.74, 6) is 5.76. The molecule has 2 unspecified atom stereocenters. The molecule has 3 N–H and O–H groups in total. The van der Waals surface area contributed by atoms with Crippen molar-refractivity contribution < 1.29 is 4.74 Å². The predicted molar refractivity (Wildman–Crippen MR) is 82.8 cm³/mol. The van der Waals surface area contributed by atoms with Crippen LogP contribution in [0.1, 0.15) is 45.5 Å². The summed E-state index contributed by atoms with van der Waals surface area (Å²) < 4.78 is 7.84. The summed E-state index contributed by atoms with van der Waals surface area (Å²) in [6.07, 6.45) is 1.56. The molecular formula is C14H27ClN4O. The number of hydrogen-bond acceptors (Lipinski definition) is 4. The predicted octanol–water partition coefficient (Wildman–Crippen LogP) is 2.44. The van der Waals surface area contributed by atoms with Crippen LogP contribution in [0.3, 0.4) is 0 Å². The standard InChI is InChI=1S/C14H27ClN4O/c1-6-14(5,20-8-3)12(17-16)9-11-13(15)10(4)18-19(11)7-2/h12,17H,6-9,16H2,1-5H3. The van der Waals surface area contributed by atoms with Gasteiger partial charge in [0.05, 0.1) is 28.1 Å². The first-order chi connectivity index (χ1) is 9.43. The van der Waals surface area contributed by atoms with Gasteiger partial charge in [0.1, 0.15) is 0 Å². The van der Waals surface area contributed by atoms with Crippen molar-refractivity contribution in [2.45, 2.75) is 65.6 Å². The third kappa shape index (κ3) is 3.52. The van der Waals surface area contributed by atoms with Crippen molar-refractivity contribution in [3.8, 4) is 0 Å². The quantitative estimate of drug-likeness (QED) is 0.572. The SMILES string of the molecule is CCOC(C)(CC)C(Cc1c(Cl)c(C)nn1CC)NN. The second-order valence-electron chi connectivity index (χ2n) is 5.18.